The van der Waals surface area contributed by atoms with Crippen molar-refractivity contribution >= 4 is 9.84 Å². The van der Waals surface area contributed by atoms with Crippen molar-refractivity contribution in [2.45, 2.75) is 25.5 Å². The molecule has 0 bridgehead atoms. The molecule has 0 aromatic rings. The van der Waals surface area contributed by atoms with Crippen LogP contribution in [0.1, 0.15) is 20.8 Å². The number of hydrogen-bond donors (Lipinski definition) is 1. The third kappa shape index (κ3) is 4.59. The third-order valence-electron chi connectivity index (χ3n) is 1.69. The Morgan fingerprint density at radius 1 is 1.23 bits per heavy atom. The summed E-state index contributed by atoms with van der Waals surface area (Å²) in [4.78, 5) is 0. The predicted molar refractivity (Wildman–Crippen MR) is 53.4 cm³/mol. The van der Waals surface area contributed by atoms with Crippen LogP contribution < -0.4 is 5.73 Å². The lowest BCUT2D eigenvalue weighted by atomic mass is 10.3. The molecule has 0 aromatic carbocycles. The smallest absolute Gasteiger partial charge is 0.157 e. The predicted octanol–water partition coefficient (Wildman–Crippen LogP) is 0.175. The first-order chi connectivity index (χ1) is 5.81. The fourth-order valence-electron chi connectivity index (χ4n) is 0.660. The van der Waals surface area contributed by atoms with Crippen molar-refractivity contribution in [2.75, 3.05) is 25.5 Å². The zero-order valence-corrected chi connectivity index (χ0v) is 9.36. The molecule has 2 N–H and O–H groups in total. The average molecular weight is 209 g/mol. The lowest BCUT2D eigenvalue weighted by Gasteiger charge is -2.18. The molecule has 0 fully saturated rings. The molecule has 0 saturated carbocycles. The Morgan fingerprint density at radius 3 is 2.15 bits per heavy atom. The van der Waals surface area contributed by atoms with E-state index in [-0.39, 0.29) is 12.4 Å². The molecule has 0 atom stereocenters. The SMILES string of the molecule is CC(C)(C)S(=O)(=O)CCOCCN. The highest BCUT2D eigenvalue weighted by Crippen LogP contribution is 2.15. The number of nitrogens with two attached hydrogens (primary N) is 1. The number of hydrogen-bond acceptors (Lipinski definition) is 4. The molecule has 0 saturated heterocycles. The van der Waals surface area contributed by atoms with Crippen LogP contribution in [0.5, 0.6) is 0 Å². The summed E-state index contributed by atoms with van der Waals surface area (Å²) in [6.45, 7) is 6.13. The summed E-state index contributed by atoms with van der Waals surface area (Å²) in [7, 11) is -3.04. The van der Waals surface area contributed by atoms with Gasteiger partial charge in [-0.15, -0.1) is 0 Å². The molecule has 80 valence electrons. The van der Waals surface area contributed by atoms with E-state index in [4.69, 9.17) is 10.5 Å². The van der Waals surface area contributed by atoms with Crippen molar-refractivity contribution in [2.24, 2.45) is 5.73 Å². The highest BCUT2D eigenvalue weighted by Gasteiger charge is 2.28. The fourth-order valence-corrected chi connectivity index (χ4v) is 1.61. The van der Waals surface area contributed by atoms with E-state index in [0.29, 0.717) is 13.2 Å². The van der Waals surface area contributed by atoms with Crippen molar-refractivity contribution in [3.8, 4) is 0 Å². The summed E-state index contributed by atoms with van der Waals surface area (Å²) < 4.78 is 27.3. The van der Waals surface area contributed by atoms with Gasteiger partial charge < -0.3 is 10.5 Å². The van der Waals surface area contributed by atoms with E-state index in [1.54, 1.807) is 20.8 Å². The van der Waals surface area contributed by atoms with Crippen LogP contribution in [0, 0.1) is 0 Å². The summed E-state index contributed by atoms with van der Waals surface area (Å²) in [5.41, 5.74) is 5.19. The van der Waals surface area contributed by atoms with Gasteiger partial charge in [-0.05, 0) is 20.8 Å². The minimum Gasteiger partial charge on any atom is -0.379 e. The first-order valence-corrected chi connectivity index (χ1v) is 5.96. The van der Waals surface area contributed by atoms with Gasteiger partial charge in [0.2, 0.25) is 0 Å². The molecule has 0 aliphatic carbocycles. The minimum atomic E-state index is -3.04. The molecule has 13 heavy (non-hydrogen) atoms. The normalized spacial score (nSPS) is 13.2. The molecule has 4 nitrogen and oxygen atoms in total. The maximum absolute atomic E-state index is 11.5. The largest absolute Gasteiger partial charge is 0.379 e. The molecule has 5 heteroatoms. The summed E-state index contributed by atoms with van der Waals surface area (Å²) in [5, 5.41) is 0. The second kappa shape index (κ2) is 4.93. The van der Waals surface area contributed by atoms with Crippen LogP contribution in [-0.2, 0) is 14.6 Å². The van der Waals surface area contributed by atoms with Gasteiger partial charge in [0.15, 0.2) is 9.84 Å². The van der Waals surface area contributed by atoms with Gasteiger partial charge in [-0.25, -0.2) is 8.42 Å². The van der Waals surface area contributed by atoms with Crippen molar-refractivity contribution in [3.05, 3.63) is 0 Å². The monoisotopic (exact) mass is 209 g/mol. The van der Waals surface area contributed by atoms with E-state index in [1.807, 2.05) is 0 Å². The van der Waals surface area contributed by atoms with Gasteiger partial charge in [0.25, 0.3) is 0 Å². The first-order valence-electron chi connectivity index (χ1n) is 4.31. The maximum Gasteiger partial charge on any atom is 0.157 e. The van der Waals surface area contributed by atoms with Crippen molar-refractivity contribution in [1.29, 1.82) is 0 Å². The average Bonchev–Trinajstić information content (AvgIpc) is 1.96. The van der Waals surface area contributed by atoms with Crippen LogP contribution in [0.3, 0.4) is 0 Å². The zero-order chi connectivity index (χ0) is 10.5. The van der Waals surface area contributed by atoms with Crippen molar-refractivity contribution in [1.82, 2.24) is 0 Å². The Balaban J connectivity index is 3.92. The lowest BCUT2D eigenvalue weighted by Crippen LogP contribution is -2.32. The van der Waals surface area contributed by atoms with Gasteiger partial charge in [0.05, 0.1) is 23.7 Å². The van der Waals surface area contributed by atoms with Crippen molar-refractivity contribution < 1.29 is 13.2 Å². The van der Waals surface area contributed by atoms with Crippen LogP contribution in [0.15, 0.2) is 0 Å². The topological polar surface area (TPSA) is 69.4 Å². The molecule has 0 unspecified atom stereocenters. The van der Waals surface area contributed by atoms with Crippen LogP contribution in [0.4, 0.5) is 0 Å². The van der Waals surface area contributed by atoms with E-state index in [2.05, 4.69) is 0 Å². The number of sulfone groups is 1. The molecule has 0 radical (unpaired) electrons. The second-order valence-electron chi connectivity index (χ2n) is 3.83. The Bertz CT molecular complexity index is 228. The zero-order valence-electron chi connectivity index (χ0n) is 8.54. The quantitative estimate of drug-likeness (QED) is 0.656. The Labute approximate surface area is 80.4 Å². The first kappa shape index (κ1) is 12.9. The molecule has 0 rings (SSSR count). The number of ether oxygens (including phenoxy) is 1. The standard InChI is InChI=1S/C8H19NO3S/c1-8(2,3)13(10,11)7-6-12-5-4-9/h4-7,9H2,1-3H3. The highest BCUT2D eigenvalue weighted by atomic mass is 32.2. The Kier molecular flexibility index (Phi) is 4.88. The molecular formula is C8H19NO3S. The van der Waals surface area contributed by atoms with Gasteiger partial charge in [0.1, 0.15) is 0 Å². The van der Waals surface area contributed by atoms with E-state index >= 15 is 0 Å². The molecule has 0 amide bonds. The van der Waals surface area contributed by atoms with E-state index in [0.717, 1.165) is 0 Å². The van der Waals surface area contributed by atoms with Gasteiger partial charge in [-0.2, -0.15) is 0 Å². The third-order valence-corrected chi connectivity index (χ3v) is 4.26. The minimum absolute atomic E-state index is 0.0660. The highest BCUT2D eigenvalue weighted by molar-refractivity contribution is 7.92. The van der Waals surface area contributed by atoms with Gasteiger partial charge in [-0.3, -0.25) is 0 Å². The van der Waals surface area contributed by atoms with E-state index in [9.17, 15) is 8.42 Å². The molecule has 0 heterocycles. The van der Waals surface area contributed by atoms with Gasteiger partial charge >= 0.3 is 0 Å². The Hall–Kier alpha value is -0.130. The molecule has 0 aromatic heterocycles. The second-order valence-corrected chi connectivity index (χ2v) is 6.69. The number of rotatable bonds is 5. The van der Waals surface area contributed by atoms with E-state index in [1.165, 1.54) is 0 Å². The van der Waals surface area contributed by atoms with Crippen LogP contribution in [-0.4, -0.2) is 38.7 Å². The lowest BCUT2D eigenvalue weighted by molar-refractivity contribution is 0.156. The van der Waals surface area contributed by atoms with Crippen molar-refractivity contribution in [3.63, 3.8) is 0 Å². The van der Waals surface area contributed by atoms with Gasteiger partial charge in [0, 0.05) is 6.54 Å². The Morgan fingerprint density at radius 2 is 1.77 bits per heavy atom. The molecule has 0 spiro atoms. The van der Waals surface area contributed by atoms with Crippen LogP contribution in [0.2, 0.25) is 0 Å². The fraction of sp³-hybridized carbons (Fsp3) is 1.00. The maximum atomic E-state index is 11.5. The summed E-state index contributed by atoms with van der Waals surface area (Å²) in [5.74, 6) is 0.0660. The van der Waals surface area contributed by atoms with Crippen LogP contribution in [0.25, 0.3) is 0 Å². The van der Waals surface area contributed by atoms with E-state index < -0.39 is 14.6 Å². The molecule has 0 aliphatic heterocycles. The summed E-state index contributed by atoms with van der Waals surface area (Å²) in [6, 6.07) is 0. The summed E-state index contributed by atoms with van der Waals surface area (Å²) >= 11 is 0. The summed E-state index contributed by atoms with van der Waals surface area (Å²) in [6.07, 6.45) is 0. The molecule has 0 aliphatic rings. The van der Waals surface area contributed by atoms with Gasteiger partial charge in [-0.1, -0.05) is 0 Å². The van der Waals surface area contributed by atoms with Crippen LogP contribution >= 0.6 is 0 Å². The molecular weight excluding hydrogens is 190 g/mol.